The SMILES string of the molecule is CN1C(=O)[C@@H]2C[C@@]3(C(=O)N(Cc4ccccc4)c4ccccc43)[C@]1(C)c1nc3ccccc3c(=O)n12. The predicted octanol–water partition coefficient (Wildman–Crippen LogP) is 3.51. The zero-order chi connectivity index (χ0) is 24.8. The van der Waals surface area contributed by atoms with E-state index in [1.165, 1.54) is 0 Å². The molecular formula is C29H24N4O3. The van der Waals surface area contributed by atoms with Gasteiger partial charge in [-0.25, -0.2) is 4.98 Å². The quantitative estimate of drug-likeness (QED) is 0.444. The van der Waals surface area contributed by atoms with E-state index in [4.69, 9.17) is 4.98 Å². The van der Waals surface area contributed by atoms with Crippen molar-refractivity contribution in [1.29, 1.82) is 0 Å². The third-order valence-electron chi connectivity index (χ3n) is 8.62. The van der Waals surface area contributed by atoms with Crippen LogP contribution in [0.3, 0.4) is 0 Å². The highest BCUT2D eigenvalue weighted by atomic mass is 16.2. The Labute approximate surface area is 207 Å². The summed E-state index contributed by atoms with van der Waals surface area (Å²) in [6.45, 7) is 2.32. The highest BCUT2D eigenvalue weighted by molar-refractivity contribution is 6.11. The summed E-state index contributed by atoms with van der Waals surface area (Å²) in [5.41, 5.74) is 0.867. The van der Waals surface area contributed by atoms with Gasteiger partial charge in [0.2, 0.25) is 11.8 Å². The Bertz CT molecular complexity index is 1660. The van der Waals surface area contributed by atoms with Gasteiger partial charge in [0.25, 0.3) is 5.56 Å². The molecule has 4 aromatic rings. The van der Waals surface area contributed by atoms with Crippen molar-refractivity contribution < 1.29 is 9.59 Å². The highest BCUT2D eigenvalue weighted by Gasteiger charge is 2.72. The van der Waals surface area contributed by atoms with E-state index in [0.717, 1.165) is 16.8 Å². The van der Waals surface area contributed by atoms with E-state index in [-0.39, 0.29) is 23.8 Å². The van der Waals surface area contributed by atoms with Crippen LogP contribution < -0.4 is 10.5 Å². The summed E-state index contributed by atoms with van der Waals surface area (Å²) in [7, 11) is 1.73. The van der Waals surface area contributed by atoms with Crippen LogP contribution in [0.2, 0.25) is 0 Å². The Morgan fingerprint density at radius 2 is 1.61 bits per heavy atom. The van der Waals surface area contributed by atoms with Gasteiger partial charge in [0, 0.05) is 12.7 Å². The Hall–Kier alpha value is -4.26. The van der Waals surface area contributed by atoms with Crippen LogP contribution in [0.5, 0.6) is 0 Å². The molecule has 4 aliphatic heterocycles. The van der Waals surface area contributed by atoms with Gasteiger partial charge in [0.15, 0.2) is 0 Å². The molecular weight excluding hydrogens is 452 g/mol. The number of hydrogen-bond acceptors (Lipinski definition) is 4. The standard InChI is InChI=1S/C29H24N4O3/c1-28-26-30-21-14-8-6-12-19(21)24(34)33(26)23(25(35)31(28)2)16-29(28)20-13-7-9-15-22(20)32(27(29)36)17-18-10-4-3-5-11-18/h3-15,23H,16-17H2,1-2H3/t23-,28-,29+/m0/s1. The van der Waals surface area contributed by atoms with Gasteiger partial charge in [-0.15, -0.1) is 0 Å². The van der Waals surface area contributed by atoms with Gasteiger partial charge in [0.1, 0.15) is 22.8 Å². The zero-order valence-corrected chi connectivity index (χ0v) is 20.0. The van der Waals surface area contributed by atoms with Crippen LogP contribution in [0.15, 0.2) is 83.7 Å². The largest absolute Gasteiger partial charge is 0.330 e. The second-order valence-electron chi connectivity index (χ2n) is 10.1. The lowest BCUT2D eigenvalue weighted by atomic mass is 9.57. The molecule has 0 unspecified atom stereocenters. The van der Waals surface area contributed by atoms with Crippen LogP contribution in [-0.4, -0.2) is 33.3 Å². The predicted molar refractivity (Wildman–Crippen MR) is 136 cm³/mol. The molecule has 1 spiro atoms. The minimum atomic E-state index is -1.15. The first-order valence-corrected chi connectivity index (χ1v) is 12.1. The van der Waals surface area contributed by atoms with Crippen LogP contribution in [0.25, 0.3) is 10.9 Å². The Balaban J connectivity index is 1.52. The number of carbonyl (C=O) groups is 2. The van der Waals surface area contributed by atoms with Gasteiger partial charge in [0.05, 0.1) is 17.4 Å². The van der Waals surface area contributed by atoms with Crippen molar-refractivity contribution in [3.8, 4) is 0 Å². The van der Waals surface area contributed by atoms with Gasteiger partial charge in [-0.2, -0.15) is 0 Å². The summed E-state index contributed by atoms with van der Waals surface area (Å²) in [6.07, 6.45) is 0.223. The summed E-state index contributed by atoms with van der Waals surface area (Å²) >= 11 is 0. The van der Waals surface area contributed by atoms with Crippen LogP contribution in [0.1, 0.15) is 36.3 Å². The number of hydrogen-bond donors (Lipinski definition) is 0. The fourth-order valence-electron chi connectivity index (χ4n) is 6.74. The average Bonchev–Trinajstić information content (AvgIpc) is 3.13. The second-order valence-corrected chi connectivity index (χ2v) is 10.1. The number of benzene rings is 3. The molecule has 3 atom stereocenters. The van der Waals surface area contributed by atoms with Crippen LogP contribution in [0, 0.1) is 0 Å². The Morgan fingerprint density at radius 1 is 0.917 bits per heavy atom. The zero-order valence-electron chi connectivity index (χ0n) is 20.0. The molecule has 3 aromatic carbocycles. The van der Waals surface area contributed by atoms with E-state index in [9.17, 15) is 14.4 Å². The van der Waals surface area contributed by atoms with Gasteiger partial charge in [-0.3, -0.25) is 19.0 Å². The van der Waals surface area contributed by atoms with E-state index in [1.54, 1.807) is 28.6 Å². The Morgan fingerprint density at radius 3 is 2.42 bits per heavy atom. The smallest absolute Gasteiger partial charge is 0.262 e. The molecule has 2 bridgehead atoms. The van der Waals surface area contributed by atoms with E-state index in [2.05, 4.69) is 0 Å². The van der Waals surface area contributed by atoms with E-state index < -0.39 is 17.0 Å². The summed E-state index contributed by atoms with van der Waals surface area (Å²) in [5, 5.41) is 0.478. The van der Waals surface area contributed by atoms with Crippen LogP contribution in [0.4, 0.5) is 5.69 Å². The number of carbonyl (C=O) groups excluding carboxylic acids is 2. The monoisotopic (exact) mass is 476 g/mol. The number of likely N-dealkylation sites (N-methyl/N-ethyl adjacent to an activating group) is 1. The molecule has 1 fully saturated rings. The first-order chi connectivity index (χ1) is 17.4. The second kappa shape index (κ2) is 6.91. The third-order valence-corrected chi connectivity index (χ3v) is 8.62. The number of para-hydroxylation sites is 2. The number of rotatable bonds is 2. The van der Waals surface area contributed by atoms with Gasteiger partial charge >= 0.3 is 0 Å². The molecule has 2 amide bonds. The molecule has 0 N–H and O–H groups in total. The minimum absolute atomic E-state index is 0.0620. The molecule has 8 rings (SSSR count). The van der Waals surface area contributed by atoms with Crippen LogP contribution in [-0.2, 0) is 27.1 Å². The van der Waals surface area contributed by atoms with Crippen molar-refractivity contribution in [1.82, 2.24) is 14.5 Å². The fourth-order valence-corrected chi connectivity index (χ4v) is 6.74. The maximum absolute atomic E-state index is 14.6. The summed E-state index contributed by atoms with van der Waals surface area (Å²) in [5.74, 6) is 0.240. The number of aromatic nitrogens is 2. The van der Waals surface area contributed by atoms with Crippen molar-refractivity contribution in [2.75, 3.05) is 11.9 Å². The molecule has 0 radical (unpaired) electrons. The fraction of sp³-hybridized carbons (Fsp3) is 0.241. The van der Waals surface area contributed by atoms with Crippen LogP contribution >= 0.6 is 0 Å². The summed E-state index contributed by atoms with van der Waals surface area (Å²) < 4.78 is 1.55. The topological polar surface area (TPSA) is 75.5 Å². The maximum Gasteiger partial charge on any atom is 0.262 e. The number of nitrogens with zero attached hydrogens (tertiary/aromatic N) is 4. The van der Waals surface area contributed by atoms with Gasteiger partial charge in [-0.1, -0.05) is 60.7 Å². The lowest BCUT2D eigenvalue weighted by Gasteiger charge is -2.59. The van der Waals surface area contributed by atoms with E-state index in [1.807, 2.05) is 78.6 Å². The minimum Gasteiger partial charge on any atom is -0.330 e. The van der Waals surface area contributed by atoms with Crippen molar-refractivity contribution in [3.63, 3.8) is 0 Å². The molecule has 5 heterocycles. The molecule has 0 aliphatic carbocycles. The van der Waals surface area contributed by atoms with E-state index in [0.29, 0.717) is 23.3 Å². The van der Waals surface area contributed by atoms with Crippen molar-refractivity contribution in [3.05, 3.63) is 106 Å². The third kappa shape index (κ3) is 2.28. The maximum atomic E-state index is 14.6. The molecule has 178 valence electrons. The number of amides is 2. The number of piperidine rings is 1. The lowest BCUT2D eigenvalue weighted by Crippen LogP contribution is -2.73. The molecule has 7 nitrogen and oxygen atoms in total. The first kappa shape index (κ1) is 21.1. The first-order valence-electron chi connectivity index (χ1n) is 12.1. The molecule has 7 heteroatoms. The number of anilines is 1. The van der Waals surface area contributed by atoms with Crippen molar-refractivity contribution in [2.24, 2.45) is 0 Å². The normalized spacial score (nSPS) is 26.1. The summed E-state index contributed by atoms with van der Waals surface area (Å²) in [4.78, 5) is 50.3. The van der Waals surface area contributed by atoms with Crippen molar-refractivity contribution in [2.45, 2.75) is 36.9 Å². The molecule has 1 saturated heterocycles. The van der Waals surface area contributed by atoms with Gasteiger partial charge < -0.3 is 9.80 Å². The van der Waals surface area contributed by atoms with Crippen molar-refractivity contribution >= 4 is 28.4 Å². The number of fused-ring (bicyclic) bond motifs is 3. The molecule has 1 aromatic heterocycles. The lowest BCUT2D eigenvalue weighted by molar-refractivity contribution is -0.163. The molecule has 36 heavy (non-hydrogen) atoms. The molecule has 4 aliphatic rings. The average molecular weight is 477 g/mol. The summed E-state index contributed by atoms with van der Waals surface area (Å²) in [6, 6.07) is 24.1. The van der Waals surface area contributed by atoms with E-state index >= 15 is 0 Å². The van der Waals surface area contributed by atoms with Gasteiger partial charge in [-0.05, 0) is 42.7 Å². The Kier molecular flexibility index (Phi) is 4.04. The molecule has 0 saturated carbocycles. The highest BCUT2D eigenvalue weighted by Crippen LogP contribution is 2.62.